The minimum atomic E-state index is -2.86. The van der Waals surface area contributed by atoms with Crippen LogP contribution in [0.5, 0.6) is 0 Å². The van der Waals surface area contributed by atoms with Gasteiger partial charge in [0.2, 0.25) is 5.89 Å². The van der Waals surface area contributed by atoms with Crippen LogP contribution in [0, 0.1) is 5.82 Å². The first kappa shape index (κ1) is 17.2. The van der Waals surface area contributed by atoms with E-state index in [1.165, 1.54) is 23.2 Å². The Balaban J connectivity index is 1.49. The van der Waals surface area contributed by atoms with Gasteiger partial charge in [-0.25, -0.2) is 9.82 Å². The van der Waals surface area contributed by atoms with E-state index < -0.39 is 18.1 Å². The number of carbonyl (C=O) groups excluding carboxylic acids is 1. The van der Waals surface area contributed by atoms with Crippen LogP contribution in [0.4, 0.5) is 13.2 Å². The molecule has 4 rings (SSSR count). The van der Waals surface area contributed by atoms with Gasteiger partial charge in [0, 0.05) is 11.1 Å². The van der Waals surface area contributed by atoms with Crippen molar-refractivity contribution in [3.05, 3.63) is 65.1 Å². The van der Waals surface area contributed by atoms with Gasteiger partial charge in [-0.15, -0.1) is 10.2 Å². The zero-order valence-corrected chi connectivity index (χ0v) is 13.7. The van der Waals surface area contributed by atoms with Crippen molar-refractivity contribution in [2.45, 2.75) is 19.5 Å². The Morgan fingerprint density at radius 2 is 2.07 bits per heavy atom. The Hall–Kier alpha value is -3.27. The molecule has 3 heterocycles. The molecule has 1 aliphatic rings. The maximum absolute atomic E-state index is 12.9. The number of rotatable bonds is 5. The smallest absolute Gasteiger partial charge is 0.314 e. The molecule has 0 bridgehead atoms. The number of pyridine rings is 1. The fourth-order valence-electron chi connectivity index (χ4n) is 2.69. The van der Waals surface area contributed by atoms with E-state index in [1.807, 2.05) is 0 Å². The molecule has 0 spiro atoms. The summed E-state index contributed by atoms with van der Waals surface area (Å²) in [4.78, 5) is 16.5. The second-order valence-electron chi connectivity index (χ2n) is 5.81. The van der Waals surface area contributed by atoms with Crippen LogP contribution in [0.15, 0.2) is 40.9 Å². The summed E-state index contributed by atoms with van der Waals surface area (Å²) in [6.07, 6.45) is -1.76. The third kappa shape index (κ3) is 3.38. The van der Waals surface area contributed by atoms with E-state index in [9.17, 15) is 18.0 Å². The van der Waals surface area contributed by atoms with Crippen LogP contribution in [-0.4, -0.2) is 26.1 Å². The highest BCUT2D eigenvalue weighted by Crippen LogP contribution is 2.28. The zero-order valence-electron chi connectivity index (χ0n) is 13.7. The van der Waals surface area contributed by atoms with E-state index >= 15 is 0 Å². The molecular formula is C17H12F3N5O2. The van der Waals surface area contributed by atoms with Gasteiger partial charge in [0.25, 0.3) is 11.8 Å². The van der Waals surface area contributed by atoms with Crippen LogP contribution in [0.2, 0.25) is 0 Å². The fraction of sp³-hybridized carbons (Fsp3) is 0.176. The topological polar surface area (TPSA) is 84.2 Å². The van der Waals surface area contributed by atoms with E-state index in [1.54, 1.807) is 12.1 Å². The third-order valence-electron chi connectivity index (χ3n) is 4.03. The Kier molecular flexibility index (Phi) is 4.32. The number of nitrogens with zero attached hydrogens (tertiary/aromatic N) is 4. The van der Waals surface area contributed by atoms with Crippen LogP contribution in [0.3, 0.4) is 0 Å². The molecule has 0 aliphatic carbocycles. The summed E-state index contributed by atoms with van der Waals surface area (Å²) in [7, 11) is 0. The summed E-state index contributed by atoms with van der Waals surface area (Å²) in [6.45, 7) is 0.566. The maximum Gasteiger partial charge on any atom is 0.314 e. The highest BCUT2D eigenvalue weighted by atomic mass is 19.3. The molecule has 0 saturated carbocycles. The SMILES string of the molecule is O=C1c2cc(-c3nnc(C(F)F)o3)ccc2CN1NCc1ccc(F)cn1. The van der Waals surface area contributed by atoms with Crippen molar-refractivity contribution >= 4 is 5.91 Å². The average Bonchev–Trinajstić information content (AvgIpc) is 3.27. The molecule has 1 amide bonds. The van der Waals surface area contributed by atoms with Crippen molar-refractivity contribution in [3.63, 3.8) is 0 Å². The van der Waals surface area contributed by atoms with Gasteiger partial charge >= 0.3 is 6.43 Å². The lowest BCUT2D eigenvalue weighted by Gasteiger charge is -2.16. The van der Waals surface area contributed by atoms with Crippen molar-refractivity contribution in [1.82, 2.24) is 25.6 Å². The minimum absolute atomic E-state index is 0.0807. The van der Waals surface area contributed by atoms with Gasteiger partial charge in [0.05, 0.1) is 25.0 Å². The van der Waals surface area contributed by atoms with E-state index in [0.717, 1.165) is 11.8 Å². The van der Waals surface area contributed by atoms with Gasteiger partial charge in [-0.05, 0) is 29.8 Å². The predicted molar refractivity (Wildman–Crippen MR) is 85.6 cm³/mol. The molecule has 27 heavy (non-hydrogen) atoms. The Morgan fingerprint density at radius 3 is 2.78 bits per heavy atom. The summed E-state index contributed by atoms with van der Waals surface area (Å²) in [6, 6.07) is 7.66. The number of fused-ring (bicyclic) bond motifs is 1. The van der Waals surface area contributed by atoms with Crippen molar-refractivity contribution < 1.29 is 22.4 Å². The van der Waals surface area contributed by atoms with Crippen LogP contribution in [0.25, 0.3) is 11.5 Å². The molecule has 1 aromatic carbocycles. The van der Waals surface area contributed by atoms with E-state index in [0.29, 0.717) is 23.4 Å². The lowest BCUT2D eigenvalue weighted by atomic mass is 10.1. The molecule has 3 aromatic rings. The number of hydrogen-bond donors (Lipinski definition) is 1. The highest BCUT2D eigenvalue weighted by Gasteiger charge is 2.28. The zero-order chi connectivity index (χ0) is 19.0. The molecule has 0 unspecified atom stereocenters. The first-order chi connectivity index (χ1) is 13.0. The molecule has 1 aliphatic heterocycles. The number of hydrogen-bond acceptors (Lipinski definition) is 6. The normalized spacial score (nSPS) is 13.5. The number of nitrogens with one attached hydrogen (secondary N) is 1. The number of aromatic nitrogens is 3. The molecule has 2 aromatic heterocycles. The van der Waals surface area contributed by atoms with Crippen molar-refractivity contribution in [2.24, 2.45) is 0 Å². The van der Waals surface area contributed by atoms with Gasteiger partial charge in [0.15, 0.2) is 0 Å². The van der Waals surface area contributed by atoms with Gasteiger partial charge in [-0.1, -0.05) is 6.07 Å². The maximum atomic E-state index is 12.9. The van der Waals surface area contributed by atoms with Gasteiger partial charge in [-0.2, -0.15) is 8.78 Å². The predicted octanol–water partition coefficient (Wildman–Crippen LogP) is 2.87. The van der Waals surface area contributed by atoms with Crippen LogP contribution in [0.1, 0.15) is 33.9 Å². The van der Waals surface area contributed by atoms with Crippen LogP contribution in [-0.2, 0) is 13.1 Å². The van der Waals surface area contributed by atoms with Crippen LogP contribution >= 0.6 is 0 Å². The molecule has 10 heteroatoms. The fourth-order valence-corrected chi connectivity index (χ4v) is 2.69. The number of carbonyl (C=O) groups is 1. The first-order valence-corrected chi connectivity index (χ1v) is 7.92. The Bertz CT molecular complexity index is 990. The Morgan fingerprint density at radius 1 is 1.22 bits per heavy atom. The second kappa shape index (κ2) is 6.80. The standard InChI is InChI=1S/C17H12F3N5O2/c18-11-3-4-12(21-6-11)7-22-25-8-10-2-1-9(5-13(10)17(25)26)15-23-24-16(27-15)14(19)20/h1-6,14,22H,7-8H2. The molecule has 138 valence electrons. The highest BCUT2D eigenvalue weighted by molar-refractivity contribution is 5.99. The summed E-state index contributed by atoms with van der Waals surface area (Å²) in [5, 5.41) is 8.27. The van der Waals surface area contributed by atoms with Gasteiger partial charge in [0.1, 0.15) is 5.82 Å². The second-order valence-corrected chi connectivity index (χ2v) is 5.81. The number of benzene rings is 1. The quantitative estimate of drug-likeness (QED) is 0.738. The van der Waals surface area contributed by atoms with Crippen molar-refractivity contribution in [1.29, 1.82) is 0 Å². The van der Waals surface area contributed by atoms with Crippen molar-refractivity contribution in [2.75, 3.05) is 0 Å². The lowest BCUT2D eigenvalue weighted by molar-refractivity contribution is 0.0677. The molecule has 0 radical (unpaired) electrons. The van der Waals surface area contributed by atoms with E-state index in [2.05, 4.69) is 20.6 Å². The van der Waals surface area contributed by atoms with E-state index in [-0.39, 0.29) is 18.3 Å². The number of alkyl halides is 2. The van der Waals surface area contributed by atoms with Crippen LogP contribution < -0.4 is 5.43 Å². The molecular weight excluding hydrogens is 363 g/mol. The summed E-state index contributed by atoms with van der Waals surface area (Å²) in [5.74, 6) is -1.58. The molecule has 1 N–H and O–H groups in total. The number of hydrazine groups is 1. The molecule has 7 nitrogen and oxygen atoms in total. The summed E-state index contributed by atoms with van der Waals surface area (Å²) < 4.78 is 43.0. The monoisotopic (exact) mass is 375 g/mol. The lowest BCUT2D eigenvalue weighted by Crippen LogP contribution is -2.37. The summed E-state index contributed by atoms with van der Waals surface area (Å²) in [5.41, 5.74) is 5.06. The average molecular weight is 375 g/mol. The number of amides is 1. The van der Waals surface area contributed by atoms with Gasteiger partial charge < -0.3 is 4.42 Å². The first-order valence-electron chi connectivity index (χ1n) is 7.92. The van der Waals surface area contributed by atoms with Crippen molar-refractivity contribution in [3.8, 4) is 11.5 Å². The molecule has 0 saturated heterocycles. The third-order valence-corrected chi connectivity index (χ3v) is 4.03. The van der Waals surface area contributed by atoms with Gasteiger partial charge in [-0.3, -0.25) is 14.8 Å². The summed E-state index contributed by atoms with van der Waals surface area (Å²) >= 11 is 0. The Labute approximate surface area is 150 Å². The largest absolute Gasteiger partial charge is 0.415 e. The molecule has 0 fully saturated rings. The van der Waals surface area contributed by atoms with E-state index in [4.69, 9.17) is 4.42 Å². The minimum Gasteiger partial charge on any atom is -0.415 e. The number of halogens is 3. The molecule has 0 atom stereocenters.